The smallest absolute Gasteiger partial charge is 0.223 e. The minimum Gasteiger partial charge on any atom is -0.493 e. The van der Waals surface area contributed by atoms with Crippen LogP contribution in [0.25, 0.3) is 16.8 Å². The highest BCUT2D eigenvalue weighted by Gasteiger charge is 2.27. The summed E-state index contributed by atoms with van der Waals surface area (Å²) in [5, 5.41) is 7.94. The van der Waals surface area contributed by atoms with E-state index < -0.39 is 0 Å². The Morgan fingerprint density at radius 2 is 1.82 bits per heavy atom. The first-order chi connectivity index (χ1) is 18.5. The topological polar surface area (TPSA) is 81.0 Å². The lowest BCUT2D eigenvalue weighted by atomic mass is 9.95. The van der Waals surface area contributed by atoms with Crippen LogP contribution in [0.4, 0.5) is 5.82 Å². The zero-order valence-electron chi connectivity index (χ0n) is 22.5. The number of aromatic nitrogens is 3. The summed E-state index contributed by atoms with van der Waals surface area (Å²) in [6.07, 6.45) is 6.02. The number of piperidine rings is 1. The summed E-state index contributed by atoms with van der Waals surface area (Å²) in [5.41, 5.74) is 6.61. The zero-order valence-corrected chi connectivity index (χ0v) is 22.5. The molecule has 8 heteroatoms. The van der Waals surface area contributed by atoms with Crippen LogP contribution in [0.15, 0.2) is 54.9 Å². The molecule has 0 radical (unpaired) electrons. The number of methoxy groups -OCH3 is 2. The number of benzene rings is 2. The van der Waals surface area contributed by atoms with E-state index in [0.717, 1.165) is 60.5 Å². The van der Waals surface area contributed by atoms with Gasteiger partial charge in [0.05, 0.1) is 19.9 Å². The van der Waals surface area contributed by atoms with Gasteiger partial charge in [0.2, 0.25) is 5.91 Å². The third kappa shape index (κ3) is 5.30. The van der Waals surface area contributed by atoms with Crippen LogP contribution in [0, 0.1) is 19.8 Å². The molecule has 0 atom stereocenters. The number of carbonyl (C=O) groups is 1. The summed E-state index contributed by atoms with van der Waals surface area (Å²) in [4.78, 5) is 19.9. The van der Waals surface area contributed by atoms with Crippen LogP contribution >= 0.6 is 0 Å². The molecule has 1 fully saturated rings. The molecule has 0 saturated carbocycles. The second kappa shape index (κ2) is 11.1. The Bertz CT molecular complexity index is 1440. The summed E-state index contributed by atoms with van der Waals surface area (Å²) in [7, 11) is 3.25. The molecule has 8 nitrogen and oxygen atoms in total. The average Bonchev–Trinajstić information content (AvgIpc) is 3.37. The predicted octanol–water partition coefficient (Wildman–Crippen LogP) is 4.61. The summed E-state index contributed by atoms with van der Waals surface area (Å²) in [6.45, 7) is 6.38. The number of hydrogen-bond donors (Lipinski definition) is 1. The molecule has 0 spiro atoms. The predicted molar refractivity (Wildman–Crippen MR) is 149 cm³/mol. The molecule has 0 unspecified atom stereocenters. The molecule has 5 rings (SSSR count). The molecule has 1 amide bonds. The van der Waals surface area contributed by atoms with E-state index in [4.69, 9.17) is 19.6 Å². The molecule has 2 aromatic heterocycles. The minimum atomic E-state index is 0.00654. The molecule has 1 aliphatic heterocycles. The number of carbonyl (C=O) groups excluding carboxylic acids is 1. The Morgan fingerprint density at radius 1 is 1.03 bits per heavy atom. The first-order valence-corrected chi connectivity index (χ1v) is 13.1. The molecular formula is C30H35N5O3. The fourth-order valence-corrected chi connectivity index (χ4v) is 5.25. The van der Waals surface area contributed by atoms with Crippen LogP contribution < -0.4 is 19.7 Å². The number of nitrogens with zero attached hydrogens (tertiary/aromatic N) is 4. The van der Waals surface area contributed by atoms with Gasteiger partial charge in [0.25, 0.3) is 0 Å². The van der Waals surface area contributed by atoms with Gasteiger partial charge in [-0.05, 0) is 62.4 Å². The van der Waals surface area contributed by atoms with E-state index in [9.17, 15) is 4.79 Å². The lowest BCUT2D eigenvalue weighted by molar-refractivity contribution is -0.125. The maximum Gasteiger partial charge on any atom is 0.223 e. The molecule has 1 aliphatic rings. The fraction of sp³-hybridized carbons (Fsp3) is 0.367. The van der Waals surface area contributed by atoms with Gasteiger partial charge in [-0.2, -0.15) is 5.10 Å². The molecule has 1 saturated heterocycles. The monoisotopic (exact) mass is 513 g/mol. The second-order valence-corrected chi connectivity index (χ2v) is 9.92. The molecule has 38 heavy (non-hydrogen) atoms. The third-order valence-electron chi connectivity index (χ3n) is 7.35. The fourth-order valence-electron chi connectivity index (χ4n) is 5.25. The molecular weight excluding hydrogens is 478 g/mol. The summed E-state index contributed by atoms with van der Waals surface area (Å²) < 4.78 is 12.6. The van der Waals surface area contributed by atoms with Gasteiger partial charge in [-0.25, -0.2) is 9.50 Å². The van der Waals surface area contributed by atoms with Crippen molar-refractivity contribution in [2.24, 2.45) is 5.92 Å². The number of rotatable bonds is 8. The number of ether oxygens (including phenoxy) is 2. The zero-order chi connectivity index (χ0) is 26.6. The summed E-state index contributed by atoms with van der Waals surface area (Å²) in [6, 6.07) is 14.4. The van der Waals surface area contributed by atoms with Crippen LogP contribution in [0.3, 0.4) is 0 Å². The van der Waals surface area contributed by atoms with E-state index in [2.05, 4.69) is 48.3 Å². The molecule has 4 aromatic rings. The van der Waals surface area contributed by atoms with Crippen molar-refractivity contribution in [2.75, 3.05) is 38.8 Å². The molecule has 2 aromatic carbocycles. The van der Waals surface area contributed by atoms with Crippen molar-refractivity contribution >= 4 is 17.2 Å². The lowest BCUT2D eigenvalue weighted by Gasteiger charge is -2.32. The number of aryl methyl sites for hydroxylation is 2. The summed E-state index contributed by atoms with van der Waals surface area (Å²) >= 11 is 0. The second-order valence-electron chi connectivity index (χ2n) is 9.92. The lowest BCUT2D eigenvalue weighted by Crippen LogP contribution is -2.41. The standard InChI is InChI=1S/C30H35N5O3/c1-20-5-7-24(21(2)17-20)25-19-26-29(31-13-16-35(26)33-25)34-14-10-23(11-15-34)30(36)32-12-9-22-6-8-27(37-3)28(18-22)38-4/h5-8,13,16-19,23H,9-12,14-15H2,1-4H3,(H,32,36). The van der Waals surface area contributed by atoms with E-state index in [1.807, 2.05) is 28.9 Å². The van der Waals surface area contributed by atoms with Crippen LogP contribution in [0.1, 0.15) is 29.5 Å². The van der Waals surface area contributed by atoms with Crippen molar-refractivity contribution in [3.8, 4) is 22.8 Å². The first kappa shape index (κ1) is 25.6. The van der Waals surface area contributed by atoms with Gasteiger partial charge < -0.3 is 19.7 Å². The van der Waals surface area contributed by atoms with Gasteiger partial charge in [0, 0.05) is 43.5 Å². The van der Waals surface area contributed by atoms with Crippen molar-refractivity contribution in [1.82, 2.24) is 19.9 Å². The van der Waals surface area contributed by atoms with Gasteiger partial charge in [0.1, 0.15) is 5.52 Å². The van der Waals surface area contributed by atoms with Gasteiger partial charge in [0.15, 0.2) is 17.3 Å². The number of amides is 1. The third-order valence-corrected chi connectivity index (χ3v) is 7.35. The van der Waals surface area contributed by atoms with Gasteiger partial charge in [-0.1, -0.05) is 29.8 Å². The highest BCUT2D eigenvalue weighted by atomic mass is 16.5. The van der Waals surface area contributed by atoms with E-state index in [1.165, 1.54) is 11.1 Å². The molecule has 3 heterocycles. The number of anilines is 1. The van der Waals surface area contributed by atoms with Crippen molar-refractivity contribution < 1.29 is 14.3 Å². The van der Waals surface area contributed by atoms with Gasteiger partial charge in [-0.3, -0.25) is 4.79 Å². The van der Waals surface area contributed by atoms with Crippen LogP contribution in [-0.4, -0.2) is 54.4 Å². The highest BCUT2D eigenvalue weighted by molar-refractivity contribution is 5.80. The number of hydrogen-bond acceptors (Lipinski definition) is 6. The molecule has 0 aliphatic carbocycles. The quantitative estimate of drug-likeness (QED) is 0.371. The van der Waals surface area contributed by atoms with Gasteiger partial charge >= 0.3 is 0 Å². The Morgan fingerprint density at radius 3 is 2.55 bits per heavy atom. The van der Waals surface area contributed by atoms with Crippen molar-refractivity contribution in [3.63, 3.8) is 0 Å². The van der Waals surface area contributed by atoms with Gasteiger partial charge in [-0.15, -0.1) is 0 Å². The number of nitrogens with one attached hydrogen (secondary N) is 1. The Kier molecular flexibility index (Phi) is 7.49. The first-order valence-electron chi connectivity index (χ1n) is 13.1. The van der Waals surface area contributed by atoms with Crippen LogP contribution in [0.2, 0.25) is 0 Å². The minimum absolute atomic E-state index is 0.00654. The largest absolute Gasteiger partial charge is 0.493 e. The van der Waals surface area contributed by atoms with Crippen molar-refractivity contribution in [2.45, 2.75) is 33.1 Å². The summed E-state index contributed by atoms with van der Waals surface area (Å²) in [5.74, 6) is 2.45. The van der Waals surface area contributed by atoms with E-state index in [0.29, 0.717) is 18.0 Å². The van der Waals surface area contributed by atoms with Crippen molar-refractivity contribution in [3.05, 3.63) is 71.5 Å². The Balaban J connectivity index is 1.19. The molecule has 198 valence electrons. The Hall–Kier alpha value is -4.07. The highest BCUT2D eigenvalue weighted by Crippen LogP contribution is 2.30. The molecule has 1 N–H and O–H groups in total. The molecule has 0 bridgehead atoms. The number of fused-ring (bicyclic) bond motifs is 1. The van der Waals surface area contributed by atoms with E-state index in [1.54, 1.807) is 20.4 Å². The van der Waals surface area contributed by atoms with Crippen molar-refractivity contribution in [1.29, 1.82) is 0 Å². The van der Waals surface area contributed by atoms with E-state index >= 15 is 0 Å². The normalized spacial score (nSPS) is 14.1. The van der Waals surface area contributed by atoms with Crippen LogP contribution in [-0.2, 0) is 11.2 Å². The Labute approximate surface area is 223 Å². The van der Waals surface area contributed by atoms with E-state index in [-0.39, 0.29) is 11.8 Å². The maximum absolute atomic E-state index is 12.9. The SMILES string of the molecule is COc1ccc(CCNC(=O)C2CCN(c3nccn4nc(-c5ccc(C)cc5C)cc34)CC2)cc1OC. The maximum atomic E-state index is 12.9. The average molecular weight is 514 g/mol. The van der Waals surface area contributed by atoms with Crippen LogP contribution in [0.5, 0.6) is 11.5 Å².